The van der Waals surface area contributed by atoms with Crippen molar-refractivity contribution in [3.63, 3.8) is 0 Å². The van der Waals surface area contributed by atoms with Crippen molar-refractivity contribution in [2.45, 2.75) is 61.0 Å². The van der Waals surface area contributed by atoms with Crippen molar-refractivity contribution in [1.82, 2.24) is 0 Å². The van der Waals surface area contributed by atoms with Crippen LogP contribution in [-0.4, -0.2) is 36.9 Å². The molecule has 2 aliphatic carbocycles. The number of hydrogen-bond donors (Lipinski definition) is 2. The van der Waals surface area contributed by atoms with Crippen molar-refractivity contribution in [2.75, 3.05) is 6.26 Å². The highest BCUT2D eigenvalue weighted by molar-refractivity contribution is 7.90. The van der Waals surface area contributed by atoms with E-state index < -0.39 is 34.4 Å². The summed E-state index contributed by atoms with van der Waals surface area (Å²) in [6, 6.07) is 2.89. The fourth-order valence-electron chi connectivity index (χ4n) is 3.85. The summed E-state index contributed by atoms with van der Waals surface area (Å²) in [5.74, 6) is -3.45. The maximum absolute atomic E-state index is 14.0. The van der Waals surface area contributed by atoms with E-state index in [1.165, 1.54) is 6.07 Å². The third-order valence-electron chi connectivity index (χ3n) is 4.93. The Morgan fingerprint density at radius 2 is 1.91 bits per heavy atom. The van der Waals surface area contributed by atoms with Gasteiger partial charge >= 0.3 is 0 Å². The van der Waals surface area contributed by atoms with Gasteiger partial charge < -0.3 is 10.2 Å². The SMILES string of the molecule is CS(=O)(=O)c1ccc(C2CCCC(O)C2)c2c1[C@H](O)C(F)(F)C2. The van der Waals surface area contributed by atoms with Gasteiger partial charge in [-0.3, -0.25) is 0 Å². The smallest absolute Gasteiger partial charge is 0.281 e. The van der Waals surface area contributed by atoms with Crippen LogP contribution in [0, 0.1) is 0 Å². The summed E-state index contributed by atoms with van der Waals surface area (Å²) in [7, 11) is -3.71. The molecule has 3 atom stereocenters. The first-order chi connectivity index (χ1) is 10.6. The molecular formula is C16H20F2O4S. The summed E-state index contributed by atoms with van der Waals surface area (Å²) in [5, 5.41) is 19.8. The number of aliphatic hydroxyl groups excluding tert-OH is 2. The lowest BCUT2D eigenvalue weighted by molar-refractivity contribution is -0.0976. The van der Waals surface area contributed by atoms with Crippen LogP contribution in [0.25, 0.3) is 0 Å². The molecule has 0 spiro atoms. The van der Waals surface area contributed by atoms with E-state index in [-0.39, 0.29) is 21.9 Å². The number of alkyl halides is 2. The maximum atomic E-state index is 14.0. The van der Waals surface area contributed by atoms with E-state index in [2.05, 4.69) is 0 Å². The zero-order valence-electron chi connectivity index (χ0n) is 12.8. The summed E-state index contributed by atoms with van der Waals surface area (Å²) in [6.07, 6.45) is 0.466. The average molecular weight is 346 g/mol. The number of aliphatic hydroxyl groups is 2. The summed E-state index contributed by atoms with van der Waals surface area (Å²) in [6.45, 7) is 0. The summed E-state index contributed by atoms with van der Waals surface area (Å²) in [5.41, 5.74) is 0.724. The monoisotopic (exact) mass is 346 g/mol. The normalized spacial score (nSPS) is 30.2. The van der Waals surface area contributed by atoms with Gasteiger partial charge in [0.25, 0.3) is 5.92 Å². The Morgan fingerprint density at radius 1 is 1.22 bits per heavy atom. The molecule has 0 heterocycles. The van der Waals surface area contributed by atoms with Crippen LogP contribution in [0.1, 0.15) is 54.4 Å². The first-order valence-electron chi connectivity index (χ1n) is 7.71. The molecule has 7 heteroatoms. The largest absolute Gasteiger partial charge is 0.393 e. The van der Waals surface area contributed by atoms with E-state index in [1.54, 1.807) is 6.07 Å². The average Bonchev–Trinajstić information content (AvgIpc) is 2.67. The molecule has 0 saturated heterocycles. The third kappa shape index (κ3) is 2.90. The zero-order chi connectivity index (χ0) is 17.0. The van der Waals surface area contributed by atoms with E-state index in [1.807, 2.05) is 0 Å². The molecule has 0 radical (unpaired) electrons. The van der Waals surface area contributed by atoms with Gasteiger partial charge in [-0.15, -0.1) is 0 Å². The van der Waals surface area contributed by atoms with E-state index in [9.17, 15) is 27.4 Å². The predicted octanol–water partition coefficient (Wildman–Crippen LogP) is 2.33. The summed E-state index contributed by atoms with van der Waals surface area (Å²) in [4.78, 5) is -0.225. The molecule has 3 rings (SSSR count). The summed E-state index contributed by atoms with van der Waals surface area (Å²) >= 11 is 0. The Labute approximate surface area is 134 Å². The first-order valence-corrected chi connectivity index (χ1v) is 9.60. The highest BCUT2D eigenvalue weighted by atomic mass is 32.2. The van der Waals surface area contributed by atoms with Gasteiger partial charge in [-0.1, -0.05) is 12.5 Å². The van der Waals surface area contributed by atoms with Crippen molar-refractivity contribution in [3.8, 4) is 0 Å². The number of rotatable bonds is 2. The molecule has 2 N–H and O–H groups in total. The lowest BCUT2D eigenvalue weighted by Crippen LogP contribution is -2.22. The van der Waals surface area contributed by atoms with Gasteiger partial charge in [0.15, 0.2) is 9.84 Å². The van der Waals surface area contributed by atoms with Gasteiger partial charge in [-0.05, 0) is 42.4 Å². The maximum Gasteiger partial charge on any atom is 0.281 e. The highest BCUT2D eigenvalue weighted by Crippen LogP contribution is 2.49. The van der Waals surface area contributed by atoms with Gasteiger partial charge in [0, 0.05) is 18.2 Å². The second kappa shape index (κ2) is 5.50. The standard InChI is InChI=1S/C16H20F2O4S/c1-23(21,22)13-6-5-11(9-3-2-4-10(19)7-9)12-8-16(17,18)15(20)14(12)13/h5-6,9-10,15,19-20H,2-4,7-8H2,1H3/t9?,10?,15-/m0/s1. The van der Waals surface area contributed by atoms with Crippen LogP contribution in [0.5, 0.6) is 0 Å². The highest BCUT2D eigenvalue weighted by Gasteiger charge is 2.50. The molecule has 0 aromatic heterocycles. The third-order valence-corrected chi connectivity index (χ3v) is 6.08. The van der Waals surface area contributed by atoms with Crippen LogP contribution in [0.15, 0.2) is 17.0 Å². The molecule has 4 nitrogen and oxygen atoms in total. The Bertz CT molecular complexity index is 730. The lowest BCUT2D eigenvalue weighted by atomic mass is 9.80. The van der Waals surface area contributed by atoms with E-state index in [0.29, 0.717) is 18.4 Å². The number of benzene rings is 1. The molecule has 1 saturated carbocycles. The molecule has 23 heavy (non-hydrogen) atoms. The molecule has 2 aliphatic rings. The van der Waals surface area contributed by atoms with Crippen molar-refractivity contribution in [2.24, 2.45) is 0 Å². The second-order valence-electron chi connectivity index (χ2n) is 6.68. The van der Waals surface area contributed by atoms with Crippen molar-refractivity contribution < 1.29 is 27.4 Å². The van der Waals surface area contributed by atoms with Crippen molar-refractivity contribution >= 4 is 9.84 Å². The minimum absolute atomic E-state index is 0.0813. The number of sulfone groups is 1. The molecule has 2 unspecified atom stereocenters. The molecular weight excluding hydrogens is 326 g/mol. The van der Waals surface area contributed by atoms with E-state index >= 15 is 0 Å². The molecule has 0 amide bonds. The van der Waals surface area contributed by atoms with Crippen molar-refractivity contribution in [1.29, 1.82) is 0 Å². The van der Waals surface area contributed by atoms with Gasteiger partial charge in [-0.2, -0.15) is 0 Å². The molecule has 1 aromatic carbocycles. The Kier molecular flexibility index (Phi) is 4.01. The van der Waals surface area contributed by atoms with Gasteiger partial charge in [0.1, 0.15) is 6.10 Å². The molecule has 0 bridgehead atoms. The van der Waals surface area contributed by atoms with Gasteiger partial charge in [-0.25, -0.2) is 17.2 Å². The predicted molar refractivity (Wildman–Crippen MR) is 80.4 cm³/mol. The number of fused-ring (bicyclic) bond motifs is 1. The number of halogens is 2. The molecule has 1 fully saturated rings. The molecule has 128 valence electrons. The fourth-order valence-corrected chi connectivity index (χ4v) is 4.80. The zero-order valence-corrected chi connectivity index (χ0v) is 13.6. The lowest BCUT2D eigenvalue weighted by Gasteiger charge is -2.28. The Morgan fingerprint density at radius 3 is 2.52 bits per heavy atom. The number of hydrogen-bond acceptors (Lipinski definition) is 4. The van der Waals surface area contributed by atoms with Crippen LogP contribution in [0.4, 0.5) is 8.78 Å². The first kappa shape index (κ1) is 16.8. The van der Waals surface area contributed by atoms with Gasteiger partial charge in [0.05, 0.1) is 11.0 Å². The van der Waals surface area contributed by atoms with E-state index in [4.69, 9.17) is 0 Å². The van der Waals surface area contributed by atoms with E-state index in [0.717, 1.165) is 19.1 Å². The van der Waals surface area contributed by atoms with Gasteiger partial charge in [0.2, 0.25) is 0 Å². The molecule has 1 aromatic rings. The van der Waals surface area contributed by atoms with Crippen LogP contribution >= 0.6 is 0 Å². The van der Waals surface area contributed by atoms with Crippen LogP contribution in [0.3, 0.4) is 0 Å². The second-order valence-corrected chi connectivity index (χ2v) is 8.66. The quantitative estimate of drug-likeness (QED) is 0.862. The Hall–Kier alpha value is -1.05. The van der Waals surface area contributed by atoms with Crippen LogP contribution < -0.4 is 0 Å². The minimum atomic E-state index is -3.71. The topological polar surface area (TPSA) is 74.6 Å². The fraction of sp³-hybridized carbons (Fsp3) is 0.625. The van der Waals surface area contributed by atoms with Crippen LogP contribution in [0.2, 0.25) is 0 Å². The van der Waals surface area contributed by atoms with Crippen LogP contribution in [-0.2, 0) is 16.3 Å². The Balaban J connectivity index is 2.15. The van der Waals surface area contributed by atoms with Crippen molar-refractivity contribution in [3.05, 3.63) is 28.8 Å². The summed E-state index contributed by atoms with van der Waals surface area (Å²) < 4.78 is 51.8. The minimum Gasteiger partial charge on any atom is -0.393 e. The molecule has 0 aliphatic heterocycles.